The van der Waals surface area contributed by atoms with Crippen LogP contribution in [0.4, 0.5) is 0 Å². The molecule has 0 radical (unpaired) electrons. The number of benzene rings is 3. The summed E-state index contributed by atoms with van der Waals surface area (Å²) in [5.41, 5.74) is 5.20. The molecular formula is C41H50Cl3N3O5. The summed E-state index contributed by atoms with van der Waals surface area (Å²) in [5, 5.41) is 15.6. The van der Waals surface area contributed by atoms with Crippen LogP contribution in [0.2, 0.25) is 0 Å². The van der Waals surface area contributed by atoms with Gasteiger partial charge in [-0.2, -0.15) is 0 Å². The topological polar surface area (TPSA) is 100 Å². The van der Waals surface area contributed by atoms with Gasteiger partial charge in [0.15, 0.2) is 6.29 Å². The SMILES string of the molecule is CC(C)(C)NC(=O)[C@H]1CC[C@H]2CCCC[C@H]2N1C[C@H]1C[C@@H](c2ccc(CO)cc2)O[C@@H](c2ccc(-c3ccccc3CNC(=O)C(Cl)(Cl)Cl)cc2)O1. The van der Waals surface area contributed by atoms with Crippen molar-refractivity contribution in [2.45, 2.75) is 119 Å². The van der Waals surface area contributed by atoms with Crippen molar-refractivity contribution >= 4 is 46.6 Å². The molecule has 1 aliphatic carbocycles. The Kier molecular flexibility index (Phi) is 12.6. The summed E-state index contributed by atoms with van der Waals surface area (Å²) in [5.74, 6) is 0.00377. The summed E-state index contributed by atoms with van der Waals surface area (Å²) >= 11 is 17.3. The van der Waals surface area contributed by atoms with Gasteiger partial charge in [0.05, 0.1) is 24.9 Å². The predicted octanol–water partition coefficient (Wildman–Crippen LogP) is 8.32. The van der Waals surface area contributed by atoms with E-state index in [1.165, 1.54) is 19.3 Å². The molecule has 11 heteroatoms. The summed E-state index contributed by atoms with van der Waals surface area (Å²) < 4.78 is 11.5. The van der Waals surface area contributed by atoms with Crippen LogP contribution in [0.1, 0.15) is 100 Å². The van der Waals surface area contributed by atoms with E-state index in [9.17, 15) is 14.7 Å². The molecule has 6 atom stereocenters. The largest absolute Gasteiger partial charge is 0.392 e. The molecule has 2 amide bonds. The number of ether oxygens (including phenoxy) is 2. The lowest BCUT2D eigenvalue weighted by molar-refractivity contribution is -0.255. The molecule has 1 saturated carbocycles. The van der Waals surface area contributed by atoms with Crippen LogP contribution in [-0.2, 0) is 32.2 Å². The number of piperidine rings is 1. The van der Waals surface area contributed by atoms with E-state index in [2.05, 4.69) is 15.5 Å². The highest BCUT2D eigenvalue weighted by atomic mass is 35.6. The molecule has 2 aliphatic heterocycles. The molecule has 0 spiro atoms. The summed E-state index contributed by atoms with van der Waals surface area (Å²) in [6.07, 6.45) is 6.23. The molecule has 3 aliphatic rings. The fourth-order valence-electron chi connectivity index (χ4n) is 8.05. The molecule has 0 aromatic heterocycles. The zero-order valence-corrected chi connectivity index (χ0v) is 32.4. The number of carbonyl (C=O) groups is 2. The standard InChI is InChI=1S/C41H50Cl3N3O5/c1-40(2,3)46-37(49)35-21-20-28-8-5-7-11-34(28)47(35)24-32-22-36(29-14-12-26(25-48)13-15-29)52-38(51-32)30-18-16-27(17-19-30)33-10-6-4-9-31(33)23-45-39(50)41(42,43)44/h4,6,9-10,12-19,28,32,34-36,38,48H,5,7-8,11,20-25H2,1-3H3,(H,45,50)(H,46,49)/t28-,32-,34-,35-,36+,38+/m1/s1. The number of carbonyl (C=O) groups excluding carboxylic acids is 2. The maximum atomic E-state index is 13.8. The molecule has 0 unspecified atom stereocenters. The number of hydrogen-bond donors (Lipinski definition) is 3. The molecule has 3 N–H and O–H groups in total. The van der Waals surface area contributed by atoms with E-state index in [1.807, 2.05) is 93.6 Å². The van der Waals surface area contributed by atoms with E-state index >= 15 is 0 Å². The van der Waals surface area contributed by atoms with Crippen LogP contribution in [0.3, 0.4) is 0 Å². The fraction of sp³-hybridized carbons (Fsp3) is 0.512. The van der Waals surface area contributed by atoms with Crippen LogP contribution in [0.25, 0.3) is 11.1 Å². The quantitative estimate of drug-likeness (QED) is 0.190. The first kappa shape index (κ1) is 39.0. The number of aliphatic hydroxyl groups excluding tert-OH is 1. The Morgan fingerprint density at radius 2 is 1.56 bits per heavy atom. The third-order valence-corrected chi connectivity index (χ3v) is 11.1. The molecule has 3 aromatic rings. The average molecular weight is 771 g/mol. The van der Waals surface area contributed by atoms with Crippen molar-refractivity contribution in [1.82, 2.24) is 15.5 Å². The summed E-state index contributed by atoms with van der Waals surface area (Å²) in [6.45, 7) is 6.92. The van der Waals surface area contributed by atoms with Crippen molar-refractivity contribution in [2.75, 3.05) is 6.54 Å². The van der Waals surface area contributed by atoms with E-state index < -0.39 is 16.0 Å². The highest BCUT2D eigenvalue weighted by Crippen LogP contribution is 2.42. The van der Waals surface area contributed by atoms with Gasteiger partial charge in [0.25, 0.3) is 9.70 Å². The van der Waals surface area contributed by atoms with E-state index in [-0.39, 0.29) is 42.8 Å². The highest BCUT2D eigenvalue weighted by molar-refractivity contribution is 6.76. The molecule has 3 fully saturated rings. The van der Waals surface area contributed by atoms with Crippen LogP contribution in [0.5, 0.6) is 0 Å². The first-order valence-corrected chi connectivity index (χ1v) is 19.5. The lowest BCUT2D eigenvalue weighted by Gasteiger charge is -2.50. The van der Waals surface area contributed by atoms with Crippen LogP contribution in [0, 0.1) is 5.92 Å². The summed E-state index contributed by atoms with van der Waals surface area (Å²) in [4.78, 5) is 28.5. The zero-order chi connectivity index (χ0) is 37.0. The van der Waals surface area contributed by atoms with Crippen molar-refractivity contribution in [1.29, 1.82) is 0 Å². The number of aliphatic hydroxyl groups is 1. The Bertz CT molecular complexity index is 1670. The minimum Gasteiger partial charge on any atom is -0.392 e. The van der Waals surface area contributed by atoms with E-state index in [0.717, 1.165) is 52.6 Å². The third kappa shape index (κ3) is 9.69. The van der Waals surface area contributed by atoms with Crippen LogP contribution >= 0.6 is 34.8 Å². The lowest BCUT2D eigenvalue weighted by atomic mass is 9.75. The average Bonchev–Trinajstić information content (AvgIpc) is 3.13. The Labute approximate surface area is 322 Å². The zero-order valence-electron chi connectivity index (χ0n) is 30.1. The third-order valence-electron chi connectivity index (χ3n) is 10.5. The molecule has 0 bridgehead atoms. The van der Waals surface area contributed by atoms with Crippen molar-refractivity contribution in [2.24, 2.45) is 5.92 Å². The number of alkyl halides is 3. The van der Waals surface area contributed by atoms with E-state index in [4.69, 9.17) is 44.3 Å². The van der Waals surface area contributed by atoms with Gasteiger partial charge in [-0.05, 0) is 80.2 Å². The molecule has 2 heterocycles. The van der Waals surface area contributed by atoms with Gasteiger partial charge in [0.1, 0.15) is 0 Å². The molecule has 3 aromatic carbocycles. The number of rotatable bonds is 9. The molecule has 52 heavy (non-hydrogen) atoms. The number of fused-ring (bicyclic) bond motifs is 1. The van der Waals surface area contributed by atoms with Crippen molar-refractivity contribution in [3.8, 4) is 11.1 Å². The Morgan fingerprint density at radius 3 is 2.25 bits per heavy atom. The normalized spacial score (nSPS) is 25.6. The molecule has 6 rings (SSSR count). The number of amides is 2. The van der Waals surface area contributed by atoms with E-state index in [1.54, 1.807) is 0 Å². The van der Waals surface area contributed by atoms with Crippen LogP contribution in [-0.4, -0.2) is 55.9 Å². The monoisotopic (exact) mass is 769 g/mol. The smallest absolute Gasteiger partial charge is 0.272 e. The van der Waals surface area contributed by atoms with Crippen molar-refractivity contribution in [3.05, 3.63) is 95.1 Å². The Balaban J connectivity index is 1.26. The molecule has 2 saturated heterocycles. The Hall–Kier alpha value is -2.69. The number of hydrogen-bond acceptors (Lipinski definition) is 6. The number of nitrogens with zero attached hydrogens (tertiary/aromatic N) is 1. The lowest BCUT2D eigenvalue weighted by Crippen LogP contribution is -2.61. The predicted molar refractivity (Wildman–Crippen MR) is 206 cm³/mol. The van der Waals surface area contributed by atoms with Gasteiger partial charge in [-0.1, -0.05) is 120 Å². The summed E-state index contributed by atoms with van der Waals surface area (Å²) in [6, 6.07) is 23.9. The molecular weight excluding hydrogens is 721 g/mol. The molecule has 8 nitrogen and oxygen atoms in total. The van der Waals surface area contributed by atoms with Gasteiger partial charge in [-0.25, -0.2) is 0 Å². The highest BCUT2D eigenvalue weighted by Gasteiger charge is 2.44. The van der Waals surface area contributed by atoms with Gasteiger partial charge in [0.2, 0.25) is 5.91 Å². The number of nitrogens with one attached hydrogen (secondary N) is 2. The van der Waals surface area contributed by atoms with E-state index in [0.29, 0.717) is 24.9 Å². The maximum absolute atomic E-state index is 13.8. The number of halogens is 3. The first-order valence-electron chi connectivity index (χ1n) is 18.4. The number of likely N-dealkylation sites (tertiary alicyclic amines) is 1. The minimum atomic E-state index is -2.04. The van der Waals surface area contributed by atoms with Gasteiger partial charge < -0.3 is 25.2 Å². The molecule has 280 valence electrons. The maximum Gasteiger partial charge on any atom is 0.272 e. The fourth-order valence-corrected chi connectivity index (χ4v) is 8.25. The minimum absolute atomic E-state index is 0.0234. The van der Waals surface area contributed by atoms with Crippen LogP contribution in [0.15, 0.2) is 72.8 Å². The van der Waals surface area contributed by atoms with Crippen molar-refractivity contribution < 1.29 is 24.2 Å². The second-order valence-corrected chi connectivity index (χ2v) is 17.7. The second-order valence-electron chi connectivity index (χ2n) is 15.5. The van der Waals surface area contributed by atoms with Gasteiger partial charge in [-0.3, -0.25) is 14.5 Å². The second kappa shape index (κ2) is 16.8. The Morgan fingerprint density at radius 1 is 0.865 bits per heavy atom. The van der Waals surface area contributed by atoms with Crippen molar-refractivity contribution in [3.63, 3.8) is 0 Å². The first-order chi connectivity index (χ1) is 24.8. The van der Waals surface area contributed by atoms with Gasteiger partial charge >= 0.3 is 0 Å². The van der Waals surface area contributed by atoms with Gasteiger partial charge in [0, 0.05) is 36.7 Å². The van der Waals surface area contributed by atoms with Gasteiger partial charge in [-0.15, -0.1) is 0 Å². The summed E-state index contributed by atoms with van der Waals surface area (Å²) in [7, 11) is 0. The van der Waals surface area contributed by atoms with Crippen LogP contribution < -0.4 is 10.6 Å².